The van der Waals surface area contributed by atoms with Gasteiger partial charge in [0.1, 0.15) is 0 Å². The van der Waals surface area contributed by atoms with Crippen molar-refractivity contribution in [2.24, 2.45) is 0 Å². The second-order valence-electron chi connectivity index (χ2n) is 4.16. The van der Waals surface area contributed by atoms with Crippen molar-refractivity contribution < 1.29 is 0 Å². The van der Waals surface area contributed by atoms with Gasteiger partial charge in [-0.25, -0.2) is 4.98 Å². The van der Waals surface area contributed by atoms with Crippen molar-refractivity contribution in [2.75, 3.05) is 0 Å². The van der Waals surface area contributed by atoms with Crippen molar-refractivity contribution in [3.8, 4) is 11.3 Å². The summed E-state index contributed by atoms with van der Waals surface area (Å²) in [6, 6.07) is 14.0. The van der Waals surface area contributed by atoms with Crippen LogP contribution in [0.1, 0.15) is 5.56 Å². The van der Waals surface area contributed by atoms with Gasteiger partial charge in [0.15, 0.2) is 0 Å². The maximum atomic E-state index is 4.66. The molecule has 0 aliphatic carbocycles. The first kappa shape index (κ1) is 11.4. The highest BCUT2D eigenvalue weighted by atomic mass is 79.9. The summed E-state index contributed by atoms with van der Waals surface area (Å²) in [5, 5.41) is 0. The molecule has 0 N–H and O–H groups in total. The highest BCUT2D eigenvalue weighted by Crippen LogP contribution is 2.27. The number of halogens is 1. The molecule has 0 bridgehead atoms. The number of hydrogen-bond donors (Lipinski definition) is 0. The summed E-state index contributed by atoms with van der Waals surface area (Å²) in [7, 11) is 0. The van der Waals surface area contributed by atoms with E-state index in [-0.39, 0.29) is 0 Å². The number of para-hydroxylation sites is 2. The third-order valence-corrected chi connectivity index (χ3v) is 3.85. The predicted octanol–water partition coefficient (Wildman–Crippen LogP) is 4.37. The van der Waals surface area contributed by atoms with Gasteiger partial charge in [0.2, 0.25) is 0 Å². The smallest absolute Gasteiger partial charge is 0.0896 e. The van der Waals surface area contributed by atoms with Crippen molar-refractivity contribution >= 4 is 27.0 Å². The van der Waals surface area contributed by atoms with E-state index in [2.05, 4.69) is 38.9 Å². The quantitative estimate of drug-likeness (QED) is 0.667. The fourth-order valence-corrected chi connectivity index (χ4v) is 2.34. The molecular formula is C15H11BrN2. The fraction of sp³-hybridized carbons (Fsp3) is 0.0667. The molecule has 3 aromatic rings. The van der Waals surface area contributed by atoms with E-state index in [1.165, 1.54) is 5.56 Å². The van der Waals surface area contributed by atoms with Gasteiger partial charge in [-0.15, -0.1) is 0 Å². The molecule has 1 aromatic heterocycles. The van der Waals surface area contributed by atoms with Crippen molar-refractivity contribution in [2.45, 2.75) is 6.92 Å². The van der Waals surface area contributed by atoms with Crippen LogP contribution in [0.15, 0.2) is 53.1 Å². The molecule has 2 aromatic carbocycles. The summed E-state index contributed by atoms with van der Waals surface area (Å²) in [6.07, 6.45) is 1.83. The molecule has 0 saturated carbocycles. The van der Waals surface area contributed by atoms with Crippen molar-refractivity contribution in [3.63, 3.8) is 0 Å². The van der Waals surface area contributed by atoms with Crippen LogP contribution in [0, 0.1) is 6.92 Å². The molecule has 88 valence electrons. The lowest BCUT2D eigenvalue weighted by Crippen LogP contribution is -1.91. The normalized spacial score (nSPS) is 10.8. The monoisotopic (exact) mass is 298 g/mol. The van der Waals surface area contributed by atoms with E-state index in [0.29, 0.717) is 0 Å². The van der Waals surface area contributed by atoms with E-state index < -0.39 is 0 Å². The maximum absolute atomic E-state index is 4.66. The largest absolute Gasteiger partial charge is 0.252 e. The zero-order chi connectivity index (χ0) is 12.5. The Morgan fingerprint density at radius 1 is 0.944 bits per heavy atom. The molecular weight excluding hydrogens is 288 g/mol. The first-order valence-electron chi connectivity index (χ1n) is 5.73. The van der Waals surface area contributed by atoms with Gasteiger partial charge < -0.3 is 0 Å². The molecule has 0 amide bonds. The molecule has 2 nitrogen and oxygen atoms in total. The lowest BCUT2D eigenvalue weighted by atomic mass is 10.1. The maximum Gasteiger partial charge on any atom is 0.0896 e. The number of nitrogens with zero attached hydrogens (tertiary/aromatic N) is 2. The van der Waals surface area contributed by atoms with Crippen LogP contribution in [0.4, 0.5) is 0 Å². The Labute approximate surface area is 114 Å². The second-order valence-corrected chi connectivity index (χ2v) is 5.01. The van der Waals surface area contributed by atoms with Crippen molar-refractivity contribution in [1.29, 1.82) is 0 Å². The molecule has 1 heterocycles. The summed E-state index contributed by atoms with van der Waals surface area (Å²) >= 11 is 3.54. The molecule has 0 aliphatic rings. The van der Waals surface area contributed by atoms with E-state index in [1.54, 1.807) is 0 Å². The summed E-state index contributed by atoms with van der Waals surface area (Å²) in [6.45, 7) is 2.08. The molecule has 3 heteroatoms. The summed E-state index contributed by atoms with van der Waals surface area (Å²) < 4.78 is 1.09. The topological polar surface area (TPSA) is 25.8 Å². The van der Waals surface area contributed by atoms with E-state index in [0.717, 1.165) is 26.8 Å². The first-order valence-corrected chi connectivity index (χ1v) is 6.52. The summed E-state index contributed by atoms with van der Waals surface area (Å²) in [5.41, 5.74) is 5.06. The Bertz CT molecular complexity index is 723. The molecule has 18 heavy (non-hydrogen) atoms. The van der Waals surface area contributed by atoms with Crippen LogP contribution in [-0.2, 0) is 0 Å². The zero-order valence-corrected chi connectivity index (χ0v) is 11.5. The van der Waals surface area contributed by atoms with E-state index in [9.17, 15) is 0 Å². The first-order chi connectivity index (χ1) is 8.75. The molecule has 0 spiro atoms. The number of hydrogen-bond acceptors (Lipinski definition) is 2. The van der Waals surface area contributed by atoms with Crippen LogP contribution in [0.3, 0.4) is 0 Å². The Morgan fingerprint density at radius 3 is 2.56 bits per heavy atom. The Morgan fingerprint density at radius 2 is 1.72 bits per heavy atom. The van der Waals surface area contributed by atoms with Crippen LogP contribution in [0.25, 0.3) is 22.3 Å². The third-order valence-electron chi connectivity index (χ3n) is 2.99. The van der Waals surface area contributed by atoms with Gasteiger partial charge in [0, 0.05) is 10.0 Å². The van der Waals surface area contributed by atoms with Gasteiger partial charge in [-0.1, -0.05) is 40.2 Å². The average molecular weight is 299 g/mol. The second kappa shape index (κ2) is 4.50. The zero-order valence-electron chi connectivity index (χ0n) is 9.89. The number of rotatable bonds is 1. The number of aromatic nitrogens is 2. The number of benzene rings is 2. The molecule has 3 rings (SSSR count). The van der Waals surface area contributed by atoms with Gasteiger partial charge in [-0.05, 0) is 30.7 Å². The minimum absolute atomic E-state index is 0.910. The Kier molecular flexibility index (Phi) is 2.84. The average Bonchev–Trinajstić information content (AvgIpc) is 2.41. The summed E-state index contributed by atoms with van der Waals surface area (Å²) in [4.78, 5) is 9.11. The molecule has 0 unspecified atom stereocenters. The third kappa shape index (κ3) is 1.91. The van der Waals surface area contributed by atoms with Crippen LogP contribution < -0.4 is 0 Å². The Hall–Kier alpha value is -1.74. The molecule has 0 radical (unpaired) electrons. The standard InChI is InChI=1S/C15H11BrN2/c1-10-11(5-4-6-12(10)16)15-9-17-13-7-2-3-8-14(13)18-15/h2-9H,1H3. The molecule has 0 saturated heterocycles. The predicted molar refractivity (Wildman–Crippen MR) is 77.4 cm³/mol. The number of fused-ring (bicyclic) bond motifs is 1. The van der Waals surface area contributed by atoms with Gasteiger partial charge in [0.05, 0.1) is 22.9 Å². The molecule has 0 atom stereocenters. The lowest BCUT2D eigenvalue weighted by molar-refractivity contribution is 1.27. The van der Waals surface area contributed by atoms with Crippen molar-refractivity contribution in [3.05, 3.63) is 58.7 Å². The van der Waals surface area contributed by atoms with Gasteiger partial charge in [-0.3, -0.25) is 4.98 Å². The molecule has 0 aliphatic heterocycles. The lowest BCUT2D eigenvalue weighted by Gasteiger charge is -2.07. The van der Waals surface area contributed by atoms with Crippen LogP contribution >= 0.6 is 15.9 Å². The van der Waals surface area contributed by atoms with Gasteiger partial charge in [-0.2, -0.15) is 0 Å². The van der Waals surface area contributed by atoms with Crippen LogP contribution in [-0.4, -0.2) is 9.97 Å². The Balaban J connectivity index is 2.22. The highest BCUT2D eigenvalue weighted by molar-refractivity contribution is 9.10. The summed E-state index contributed by atoms with van der Waals surface area (Å²) in [5.74, 6) is 0. The van der Waals surface area contributed by atoms with E-state index in [4.69, 9.17) is 0 Å². The van der Waals surface area contributed by atoms with Crippen LogP contribution in [0.5, 0.6) is 0 Å². The van der Waals surface area contributed by atoms with Crippen molar-refractivity contribution in [1.82, 2.24) is 9.97 Å². The highest BCUT2D eigenvalue weighted by Gasteiger charge is 2.07. The minimum atomic E-state index is 0.910. The SMILES string of the molecule is Cc1c(Br)cccc1-c1cnc2ccccc2n1. The minimum Gasteiger partial charge on any atom is -0.252 e. The van der Waals surface area contributed by atoms with Gasteiger partial charge >= 0.3 is 0 Å². The molecule has 0 fully saturated rings. The van der Waals surface area contributed by atoms with E-state index >= 15 is 0 Å². The van der Waals surface area contributed by atoms with Crippen LogP contribution in [0.2, 0.25) is 0 Å². The fourth-order valence-electron chi connectivity index (χ4n) is 1.97. The van der Waals surface area contributed by atoms with Gasteiger partial charge in [0.25, 0.3) is 0 Å². The van der Waals surface area contributed by atoms with E-state index in [1.807, 2.05) is 42.6 Å².